The summed E-state index contributed by atoms with van der Waals surface area (Å²) >= 11 is 3.37. The molecular formula is C20H20BrNO4. The molecule has 2 aromatic rings. The van der Waals surface area contributed by atoms with Crippen molar-refractivity contribution in [3.63, 3.8) is 0 Å². The van der Waals surface area contributed by atoms with Crippen LogP contribution in [0, 0.1) is 0 Å². The number of rotatable bonds is 6. The second-order valence-electron chi connectivity index (χ2n) is 6.13. The average Bonchev–Trinajstić information content (AvgIpc) is 2.83. The van der Waals surface area contributed by atoms with Gasteiger partial charge in [-0.15, -0.1) is 0 Å². The number of halogens is 1. The van der Waals surface area contributed by atoms with E-state index in [9.17, 15) is 14.7 Å². The van der Waals surface area contributed by atoms with Gasteiger partial charge in [0.2, 0.25) is 0 Å². The highest BCUT2D eigenvalue weighted by molar-refractivity contribution is 9.10. The van der Waals surface area contributed by atoms with E-state index in [4.69, 9.17) is 4.74 Å². The molecule has 0 unspecified atom stereocenters. The van der Waals surface area contributed by atoms with Crippen LogP contribution in [0.4, 0.5) is 5.69 Å². The molecule has 0 spiro atoms. The maximum absolute atomic E-state index is 12.8. The number of carbonyl (C=O) groups is 2. The lowest BCUT2D eigenvalue weighted by molar-refractivity contribution is -0.135. The Kier molecular flexibility index (Phi) is 5.16. The summed E-state index contributed by atoms with van der Waals surface area (Å²) in [4.78, 5) is 27.1. The van der Waals surface area contributed by atoms with Crippen molar-refractivity contribution in [1.82, 2.24) is 0 Å². The predicted octanol–water partition coefficient (Wildman–Crippen LogP) is 3.67. The second-order valence-corrected chi connectivity index (χ2v) is 7.04. The molecule has 0 saturated carbocycles. The molecule has 0 saturated heterocycles. The van der Waals surface area contributed by atoms with E-state index in [1.807, 2.05) is 19.9 Å². The van der Waals surface area contributed by atoms with Crippen molar-refractivity contribution < 1.29 is 19.4 Å². The Balaban J connectivity index is 1.92. The Hall–Kier alpha value is -2.18. The SMILES string of the molecule is CCOc1ccc(C(=O)C[C@]2(O)C(=O)N(CC)c3ccc(Br)cc32)cc1. The number of hydrogen-bond acceptors (Lipinski definition) is 4. The number of likely N-dealkylation sites (N-methyl/N-ethyl adjacent to an activating group) is 1. The van der Waals surface area contributed by atoms with Gasteiger partial charge >= 0.3 is 0 Å². The molecule has 1 atom stereocenters. The molecule has 136 valence electrons. The summed E-state index contributed by atoms with van der Waals surface area (Å²) in [5, 5.41) is 11.2. The van der Waals surface area contributed by atoms with Gasteiger partial charge in [-0.1, -0.05) is 15.9 Å². The largest absolute Gasteiger partial charge is 0.494 e. The van der Waals surface area contributed by atoms with E-state index in [2.05, 4.69) is 15.9 Å². The number of fused-ring (bicyclic) bond motifs is 1. The molecule has 0 aromatic heterocycles. The summed E-state index contributed by atoms with van der Waals surface area (Å²) in [6.45, 7) is 4.69. The molecule has 26 heavy (non-hydrogen) atoms. The Morgan fingerprint density at radius 1 is 1.19 bits per heavy atom. The molecular weight excluding hydrogens is 398 g/mol. The van der Waals surface area contributed by atoms with Crippen molar-refractivity contribution >= 4 is 33.3 Å². The summed E-state index contributed by atoms with van der Waals surface area (Å²) in [5.74, 6) is -0.0914. The number of ether oxygens (including phenoxy) is 1. The van der Waals surface area contributed by atoms with Gasteiger partial charge in [0.1, 0.15) is 5.75 Å². The lowest BCUT2D eigenvalue weighted by Crippen LogP contribution is -2.41. The van der Waals surface area contributed by atoms with Crippen LogP contribution in [0.1, 0.15) is 36.2 Å². The number of benzene rings is 2. The highest BCUT2D eigenvalue weighted by atomic mass is 79.9. The van der Waals surface area contributed by atoms with Gasteiger partial charge in [-0.05, 0) is 56.3 Å². The molecule has 0 aliphatic carbocycles. The number of nitrogens with zero attached hydrogens (tertiary/aromatic N) is 1. The molecule has 3 rings (SSSR count). The summed E-state index contributed by atoms with van der Waals surface area (Å²) in [5.41, 5.74) is -0.327. The Morgan fingerprint density at radius 3 is 2.50 bits per heavy atom. The minimum atomic E-state index is -1.86. The average molecular weight is 418 g/mol. The topological polar surface area (TPSA) is 66.8 Å². The monoisotopic (exact) mass is 417 g/mol. The first-order valence-corrected chi connectivity index (χ1v) is 9.30. The highest BCUT2D eigenvalue weighted by Gasteiger charge is 2.50. The fourth-order valence-corrected chi connectivity index (χ4v) is 3.61. The van der Waals surface area contributed by atoms with E-state index < -0.39 is 11.5 Å². The van der Waals surface area contributed by atoms with Crippen molar-refractivity contribution in [2.24, 2.45) is 0 Å². The van der Waals surface area contributed by atoms with Gasteiger partial charge in [-0.3, -0.25) is 9.59 Å². The zero-order valence-corrected chi connectivity index (χ0v) is 16.2. The quantitative estimate of drug-likeness (QED) is 0.727. The van der Waals surface area contributed by atoms with Gasteiger partial charge in [-0.2, -0.15) is 0 Å². The minimum absolute atomic E-state index is 0.298. The molecule has 1 heterocycles. The van der Waals surface area contributed by atoms with Gasteiger partial charge in [0.05, 0.1) is 18.7 Å². The summed E-state index contributed by atoms with van der Waals surface area (Å²) in [7, 11) is 0. The molecule has 1 amide bonds. The first kappa shape index (κ1) is 18.6. The standard InChI is InChI=1S/C20H20BrNO4/c1-3-22-17-10-7-14(21)11-16(17)20(25,19(22)24)12-18(23)13-5-8-15(9-6-13)26-4-2/h5-11,25H,3-4,12H2,1-2H3/t20-/m1/s1. The fraction of sp³-hybridized carbons (Fsp3) is 0.300. The number of hydrogen-bond donors (Lipinski definition) is 1. The van der Waals surface area contributed by atoms with Crippen LogP contribution < -0.4 is 9.64 Å². The van der Waals surface area contributed by atoms with E-state index in [0.29, 0.717) is 35.7 Å². The first-order chi connectivity index (χ1) is 12.4. The van der Waals surface area contributed by atoms with Crippen LogP contribution in [0.5, 0.6) is 5.75 Å². The van der Waals surface area contributed by atoms with E-state index in [1.54, 1.807) is 36.4 Å². The first-order valence-electron chi connectivity index (χ1n) is 8.51. The third-order valence-electron chi connectivity index (χ3n) is 4.51. The molecule has 1 aliphatic heterocycles. The molecule has 0 radical (unpaired) electrons. The van der Waals surface area contributed by atoms with Crippen LogP contribution in [-0.2, 0) is 10.4 Å². The van der Waals surface area contributed by atoms with E-state index in [-0.39, 0.29) is 12.2 Å². The van der Waals surface area contributed by atoms with Gasteiger partial charge in [0, 0.05) is 22.1 Å². The Bertz CT molecular complexity index is 849. The molecule has 0 bridgehead atoms. The van der Waals surface area contributed by atoms with Crippen LogP contribution >= 0.6 is 15.9 Å². The molecule has 0 fully saturated rings. The number of aliphatic hydroxyl groups is 1. The van der Waals surface area contributed by atoms with Gasteiger partial charge < -0.3 is 14.7 Å². The van der Waals surface area contributed by atoms with E-state index in [0.717, 1.165) is 4.47 Å². The third kappa shape index (κ3) is 3.15. The summed E-state index contributed by atoms with van der Waals surface area (Å²) in [6.07, 6.45) is -0.306. The van der Waals surface area contributed by atoms with Crippen molar-refractivity contribution in [2.45, 2.75) is 25.9 Å². The molecule has 1 aliphatic rings. The van der Waals surface area contributed by atoms with Gasteiger partial charge in [-0.25, -0.2) is 0 Å². The predicted molar refractivity (Wildman–Crippen MR) is 103 cm³/mol. The van der Waals surface area contributed by atoms with Crippen LogP contribution in [-0.4, -0.2) is 29.9 Å². The van der Waals surface area contributed by atoms with E-state index in [1.165, 1.54) is 4.90 Å². The summed E-state index contributed by atoms with van der Waals surface area (Å²) < 4.78 is 6.12. The number of ketones is 1. The molecule has 1 N–H and O–H groups in total. The second kappa shape index (κ2) is 7.21. The van der Waals surface area contributed by atoms with Crippen LogP contribution in [0.3, 0.4) is 0 Å². The normalized spacial score (nSPS) is 18.8. The fourth-order valence-electron chi connectivity index (χ4n) is 3.25. The number of amides is 1. The molecule has 5 nitrogen and oxygen atoms in total. The third-order valence-corrected chi connectivity index (χ3v) is 5.01. The lowest BCUT2D eigenvalue weighted by atomic mass is 9.88. The summed E-state index contributed by atoms with van der Waals surface area (Å²) in [6, 6.07) is 12.0. The van der Waals surface area contributed by atoms with Crippen molar-refractivity contribution in [3.8, 4) is 5.75 Å². The van der Waals surface area contributed by atoms with Crippen molar-refractivity contribution in [1.29, 1.82) is 0 Å². The smallest absolute Gasteiger partial charge is 0.264 e. The Labute approximate surface area is 160 Å². The zero-order chi connectivity index (χ0) is 18.9. The zero-order valence-electron chi connectivity index (χ0n) is 14.7. The van der Waals surface area contributed by atoms with Crippen LogP contribution in [0.2, 0.25) is 0 Å². The van der Waals surface area contributed by atoms with Gasteiger partial charge in [0.15, 0.2) is 11.4 Å². The highest BCUT2D eigenvalue weighted by Crippen LogP contribution is 2.44. The van der Waals surface area contributed by atoms with Crippen LogP contribution in [0.15, 0.2) is 46.9 Å². The number of Topliss-reactive ketones (excluding diaryl/α,β-unsaturated/α-hetero) is 1. The molecule has 2 aromatic carbocycles. The van der Waals surface area contributed by atoms with Gasteiger partial charge in [0.25, 0.3) is 5.91 Å². The lowest BCUT2D eigenvalue weighted by Gasteiger charge is -2.22. The van der Waals surface area contributed by atoms with Crippen molar-refractivity contribution in [3.05, 3.63) is 58.1 Å². The number of anilines is 1. The molecule has 6 heteroatoms. The number of carbonyl (C=O) groups excluding carboxylic acids is 2. The van der Waals surface area contributed by atoms with Crippen molar-refractivity contribution in [2.75, 3.05) is 18.1 Å². The van der Waals surface area contributed by atoms with Crippen LogP contribution in [0.25, 0.3) is 0 Å². The minimum Gasteiger partial charge on any atom is -0.494 e. The maximum Gasteiger partial charge on any atom is 0.264 e. The maximum atomic E-state index is 12.8. The Morgan fingerprint density at radius 2 is 1.88 bits per heavy atom. The van der Waals surface area contributed by atoms with E-state index >= 15 is 0 Å².